The predicted octanol–water partition coefficient (Wildman–Crippen LogP) is 1.95. The summed E-state index contributed by atoms with van der Waals surface area (Å²) in [5.74, 6) is -1.92. The van der Waals surface area contributed by atoms with Crippen LogP contribution >= 0.6 is 0 Å². The van der Waals surface area contributed by atoms with Gasteiger partial charge in [-0.15, -0.1) is 0 Å². The highest BCUT2D eigenvalue weighted by Crippen LogP contribution is 2.18. The molecule has 3 atom stereocenters. The molecule has 242 valence electrons. The van der Waals surface area contributed by atoms with Crippen molar-refractivity contribution in [3.63, 3.8) is 0 Å². The van der Waals surface area contributed by atoms with Gasteiger partial charge in [-0.3, -0.25) is 20.3 Å². The molecular formula is C30H49N5O8. The third kappa shape index (κ3) is 11.6. The average Bonchev–Trinajstić information content (AvgIpc) is 2.98. The molecule has 0 bridgehead atoms. The van der Waals surface area contributed by atoms with E-state index in [9.17, 15) is 24.3 Å². The van der Waals surface area contributed by atoms with Crippen molar-refractivity contribution in [2.45, 2.75) is 71.2 Å². The number of rotatable bonds is 15. The van der Waals surface area contributed by atoms with Gasteiger partial charge >= 0.3 is 12.2 Å². The maximum atomic E-state index is 13.5. The third-order valence-electron chi connectivity index (χ3n) is 7.56. The summed E-state index contributed by atoms with van der Waals surface area (Å²) in [7, 11) is 2.38. The lowest BCUT2D eigenvalue weighted by atomic mass is 9.97. The molecule has 1 aromatic carbocycles. The predicted molar refractivity (Wildman–Crippen MR) is 159 cm³/mol. The summed E-state index contributed by atoms with van der Waals surface area (Å²) in [6, 6.07) is 8.33. The van der Waals surface area contributed by atoms with Crippen LogP contribution in [0, 0.1) is 17.8 Å². The van der Waals surface area contributed by atoms with Gasteiger partial charge in [-0.25, -0.2) is 14.6 Å². The second-order valence-electron chi connectivity index (χ2n) is 11.5. The quantitative estimate of drug-likeness (QED) is 0.148. The topological polar surface area (TPSA) is 168 Å². The number of hydrogen-bond donors (Lipinski definition) is 5. The Kier molecular flexibility index (Phi) is 14.7. The maximum Gasteiger partial charge on any atom is 0.409 e. The van der Waals surface area contributed by atoms with E-state index in [2.05, 4.69) is 26.1 Å². The molecule has 1 heterocycles. The molecule has 13 nitrogen and oxygen atoms in total. The van der Waals surface area contributed by atoms with Crippen LogP contribution in [0.4, 0.5) is 9.59 Å². The minimum atomic E-state index is -2.24. The smallest absolute Gasteiger partial charge is 0.409 e. The number of aryl methyl sites for hydroxylation is 1. The highest BCUT2D eigenvalue weighted by molar-refractivity contribution is 5.88. The first-order valence-electron chi connectivity index (χ1n) is 14.8. The summed E-state index contributed by atoms with van der Waals surface area (Å²) in [5.41, 5.74) is 1.78. The van der Waals surface area contributed by atoms with E-state index in [1.165, 1.54) is 7.11 Å². The van der Waals surface area contributed by atoms with Crippen LogP contribution in [-0.2, 0) is 30.2 Å². The lowest BCUT2D eigenvalue weighted by Crippen LogP contribution is -2.64. The molecule has 43 heavy (non-hydrogen) atoms. The van der Waals surface area contributed by atoms with Crippen molar-refractivity contribution < 1.29 is 38.5 Å². The Morgan fingerprint density at radius 3 is 2.19 bits per heavy atom. The molecule has 5 N–H and O–H groups in total. The van der Waals surface area contributed by atoms with Gasteiger partial charge in [-0.2, -0.15) is 0 Å². The number of alkyl carbamates (subject to hydrolysis) is 2. The van der Waals surface area contributed by atoms with Crippen LogP contribution in [0.3, 0.4) is 0 Å². The van der Waals surface area contributed by atoms with E-state index in [1.54, 1.807) is 18.9 Å². The second-order valence-corrected chi connectivity index (χ2v) is 11.5. The van der Waals surface area contributed by atoms with E-state index >= 15 is 0 Å². The van der Waals surface area contributed by atoms with Crippen LogP contribution in [0.25, 0.3) is 0 Å². The van der Waals surface area contributed by atoms with Crippen molar-refractivity contribution in [3.8, 4) is 0 Å². The molecule has 0 spiro atoms. The van der Waals surface area contributed by atoms with E-state index in [0.717, 1.165) is 25.5 Å². The van der Waals surface area contributed by atoms with E-state index in [0.29, 0.717) is 32.6 Å². The van der Waals surface area contributed by atoms with Crippen LogP contribution in [0.15, 0.2) is 30.3 Å². The summed E-state index contributed by atoms with van der Waals surface area (Å²) in [6.07, 6.45) is 1.02. The van der Waals surface area contributed by atoms with Gasteiger partial charge in [-0.05, 0) is 43.1 Å². The van der Waals surface area contributed by atoms with E-state index in [-0.39, 0.29) is 18.4 Å². The van der Waals surface area contributed by atoms with Crippen molar-refractivity contribution in [3.05, 3.63) is 35.9 Å². The Morgan fingerprint density at radius 1 is 1.00 bits per heavy atom. The Morgan fingerprint density at radius 2 is 1.63 bits per heavy atom. The van der Waals surface area contributed by atoms with Gasteiger partial charge in [0.1, 0.15) is 6.04 Å². The fourth-order valence-corrected chi connectivity index (χ4v) is 4.78. The molecule has 2 rings (SSSR count). The van der Waals surface area contributed by atoms with Crippen LogP contribution in [0.1, 0.15) is 52.5 Å². The first-order chi connectivity index (χ1) is 20.4. The number of nitrogens with one attached hydrogen (secondary N) is 4. The van der Waals surface area contributed by atoms with E-state index in [4.69, 9.17) is 9.47 Å². The zero-order chi connectivity index (χ0) is 32.0. The molecule has 1 fully saturated rings. The molecule has 0 aromatic heterocycles. The van der Waals surface area contributed by atoms with Gasteiger partial charge in [0.2, 0.25) is 5.72 Å². The van der Waals surface area contributed by atoms with Crippen molar-refractivity contribution >= 4 is 24.0 Å². The standard InChI is InChI=1S/C30H49N5O8/c1-20(2)25(32-28(38)41-5)26(36)34-35(18-23-14-16-43-17-15-23)19-24(13-12-22-10-8-7-9-11-22)31-27(37)30(40,21(3)4)33-29(39)42-6/h7-11,20-21,23-25,40H,12-19H2,1-6H3,(H,31,37)(H,32,38)(H,33,39)(H,34,36)/t24-,25-,30+/m0/s1. The molecule has 0 radical (unpaired) electrons. The molecule has 1 aromatic rings. The summed E-state index contributed by atoms with van der Waals surface area (Å²) in [6.45, 7) is 8.72. The molecule has 1 aliphatic rings. The minimum absolute atomic E-state index is 0.192. The number of aliphatic hydroxyl groups is 1. The van der Waals surface area contributed by atoms with E-state index in [1.807, 2.05) is 44.2 Å². The summed E-state index contributed by atoms with van der Waals surface area (Å²) in [4.78, 5) is 50.9. The first-order valence-corrected chi connectivity index (χ1v) is 14.8. The van der Waals surface area contributed by atoms with Crippen LogP contribution in [0.2, 0.25) is 0 Å². The summed E-state index contributed by atoms with van der Waals surface area (Å²) >= 11 is 0. The monoisotopic (exact) mass is 607 g/mol. The Labute approximate surface area is 254 Å². The van der Waals surface area contributed by atoms with Gasteiger partial charge in [-0.1, -0.05) is 58.0 Å². The Bertz CT molecular complexity index is 1030. The molecule has 0 saturated carbocycles. The minimum Gasteiger partial charge on any atom is -0.453 e. The largest absolute Gasteiger partial charge is 0.453 e. The number of nitrogens with zero attached hydrogens (tertiary/aromatic N) is 1. The number of carbonyl (C=O) groups is 4. The zero-order valence-electron chi connectivity index (χ0n) is 26.2. The average molecular weight is 608 g/mol. The van der Waals surface area contributed by atoms with Crippen molar-refractivity contribution in [1.29, 1.82) is 0 Å². The van der Waals surface area contributed by atoms with Gasteiger partial charge in [0.05, 0.1) is 14.2 Å². The molecule has 13 heteroatoms. The van der Waals surface area contributed by atoms with Crippen molar-refractivity contribution in [1.82, 2.24) is 26.4 Å². The van der Waals surface area contributed by atoms with Gasteiger partial charge in [0.15, 0.2) is 0 Å². The molecular weight excluding hydrogens is 558 g/mol. The SMILES string of the molecule is COC(=O)N[C@H](C(=O)NN(CC1CCOCC1)C[C@H](CCc1ccccc1)NC(=O)[C@@](O)(NC(=O)OC)C(C)C)C(C)C. The van der Waals surface area contributed by atoms with Crippen LogP contribution in [-0.4, -0.2) is 92.4 Å². The van der Waals surface area contributed by atoms with Crippen molar-refractivity contribution in [2.24, 2.45) is 17.8 Å². The normalized spacial score (nSPS) is 16.6. The Hall–Kier alpha value is -3.42. The highest BCUT2D eigenvalue weighted by Gasteiger charge is 2.42. The number of amides is 4. The third-order valence-corrected chi connectivity index (χ3v) is 7.56. The lowest BCUT2D eigenvalue weighted by Gasteiger charge is -2.36. The fourth-order valence-electron chi connectivity index (χ4n) is 4.78. The first kappa shape index (κ1) is 35.8. The molecule has 1 aliphatic heterocycles. The molecule has 1 saturated heterocycles. The van der Waals surface area contributed by atoms with Gasteiger partial charge in [0, 0.05) is 38.3 Å². The zero-order valence-corrected chi connectivity index (χ0v) is 26.2. The highest BCUT2D eigenvalue weighted by atomic mass is 16.5. The number of hydrazine groups is 1. The number of hydrogen-bond acceptors (Lipinski definition) is 9. The summed E-state index contributed by atoms with van der Waals surface area (Å²) in [5, 5.41) is 20.7. The van der Waals surface area contributed by atoms with Crippen LogP contribution in [0.5, 0.6) is 0 Å². The van der Waals surface area contributed by atoms with E-state index < -0.39 is 47.7 Å². The van der Waals surface area contributed by atoms with Gasteiger partial charge < -0.3 is 30.0 Å². The fraction of sp³-hybridized carbons (Fsp3) is 0.667. The van der Waals surface area contributed by atoms with Crippen molar-refractivity contribution in [2.75, 3.05) is 40.5 Å². The maximum absolute atomic E-state index is 13.5. The lowest BCUT2D eigenvalue weighted by molar-refractivity contribution is -0.149. The summed E-state index contributed by atoms with van der Waals surface area (Å²) < 4.78 is 14.9. The second kappa shape index (κ2) is 17.6. The molecule has 0 unspecified atom stereocenters. The number of benzene rings is 1. The number of carbonyl (C=O) groups excluding carboxylic acids is 4. The molecule has 4 amide bonds. The molecule has 0 aliphatic carbocycles. The Balaban J connectivity index is 2.34. The van der Waals surface area contributed by atoms with Crippen LogP contribution < -0.4 is 21.4 Å². The number of ether oxygens (including phenoxy) is 3. The van der Waals surface area contributed by atoms with Gasteiger partial charge in [0.25, 0.3) is 11.8 Å². The number of methoxy groups -OCH3 is 2.